The van der Waals surface area contributed by atoms with Crippen molar-refractivity contribution in [2.45, 2.75) is 57.9 Å². The van der Waals surface area contributed by atoms with Crippen LogP contribution in [0.2, 0.25) is 0 Å². The van der Waals surface area contributed by atoms with Gasteiger partial charge in [0.1, 0.15) is 0 Å². The van der Waals surface area contributed by atoms with Crippen molar-refractivity contribution in [1.82, 2.24) is 13.7 Å². The minimum absolute atomic E-state index is 0.0257. The molecule has 1 aliphatic carbocycles. The first-order valence-electron chi connectivity index (χ1n) is 10.9. The summed E-state index contributed by atoms with van der Waals surface area (Å²) in [5, 5.41) is 12.0. The lowest BCUT2D eigenvalue weighted by Crippen LogP contribution is -2.36. The Morgan fingerprint density at radius 2 is 1.65 bits per heavy atom. The molecule has 2 aromatic heterocycles. The fourth-order valence-electron chi connectivity index (χ4n) is 4.81. The molecule has 0 N–H and O–H groups in total. The van der Waals surface area contributed by atoms with E-state index in [1.165, 1.54) is 30.9 Å². The maximum Gasteiger partial charge on any atom is 0.330 e. The lowest BCUT2D eigenvalue weighted by atomic mass is 9.96. The largest absolute Gasteiger partial charge is 0.342 e. The van der Waals surface area contributed by atoms with Crippen molar-refractivity contribution >= 4 is 16.6 Å². The predicted octanol–water partition coefficient (Wildman–Crippen LogP) is 4.21. The number of benzene rings is 1. The third-order valence-corrected chi connectivity index (χ3v) is 6.61. The number of aryl methyl sites for hydroxylation is 2. The minimum atomic E-state index is -0.391. The van der Waals surface area contributed by atoms with E-state index in [0.717, 1.165) is 30.3 Å². The van der Waals surface area contributed by atoms with Gasteiger partial charge in [-0.25, -0.2) is 4.79 Å². The normalized spacial score (nSPS) is 15.7. The molecule has 2 heterocycles. The first-order chi connectivity index (χ1) is 14.8. The standard InChI is InChI=1S/C23H28N4O4/c1-15-11-12-16(13-18(15)27(30)31)21-20-19(24(2)23(29)25(3)22(20)28)14-26(21)17-9-7-5-4-6-8-10-17/h11-14,17H,4-10H2,1-3H3. The average molecular weight is 425 g/mol. The Morgan fingerprint density at radius 3 is 2.29 bits per heavy atom. The van der Waals surface area contributed by atoms with Gasteiger partial charge in [-0.2, -0.15) is 0 Å². The van der Waals surface area contributed by atoms with Gasteiger partial charge in [0.25, 0.3) is 11.2 Å². The van der Waals surface area contributed by atoms with E-state index < -0.39 is 4.92 Å². The molecule has 0 amide bonds. The fourth-order valence-corrected chi connectivity index (χ4v) is 4.81. The predicted molar refractivity (Wildman–Crippen MR) is 121 cm³/mol. The van der Waals surface area contributed by atoms with Gasteiger partial charge < -0.3 is 4.57 Å². The Bertz CT molecular complexity index is 1270. The highest BCUT2D eigenvalue weighted by molar-refractivity contribution is 5.94. The topological polar surface area (TPSA) is 92.1 Å². The van der Waals surface area contributed by atoms with E-state index in [0.29, 0.717) is 27.7 Å². The van der Waals surface area contributed by atoms with Gasteiger partial charge in [0, 0.05) is 43.5 Å². The molecule has 0 saturated heterocycles. The molecule has 0 radical (unpaired) electrons. The Kier molecular flexibility index (Phi) is 5.56. The molecule has 164 valence electrons. The quantitative estimate of drug-likeness (QED) is 0.465. The third kappa shape index (κ3) is 3.60. The van der Waals surface area contributed by atoms with Crippen molar-refractivity contribution in [3.05, 3.63) is 60.9 Å². The SMILES string of the molecule is Cc1ccc(-c2c3c(=O)n(C)c(=O)n(C)c3cn2C2CCCCCCC2)cc1[N+](=O)[O-]. The van der Waals surface area contributed by atoms with Gasteiger partial charge in [-0.05, 0) is 19.8 Å². The number of nitrogens with zero attached hydrogens (tertiary/aromatic N) is 4. The Morgan fingerprint density at radius 1 is 1.00 bits per heavy atom. The number of rotatable bonds is 3. The lowest BCUT2D eigenvalue weighted by Gasteiger charge is -2.24. The lowest BCUT2D eigenvalue weighted by molar-refractivity contribution is -0.385. The second kappa shape index (κ2) is 8.17. The molecule has 8 nitrogen and oxygen atoms in total. The molecule has 1 aromatic carbocycles. The highest BCUT2D eigenvalue weighted by Crippen LogP contribution is 2.37. The summed E-state index contributed by atoms with van der Waals surface area (Å²) in [5.74, 6) is 0. The van der Waals surface area contributed by atoms with Crippen LogP contribution in [0.15, 0.2) is 34.0 Å². The first kappa shape index (κ1) is 21.1. The van der Waals surface area contributed by atoms with Crippen molar-refractivity contribution < 1.29 is 4.92 Å². The molecule has 31 heavy (non-hydrogen) atoms. The summed E-state index contributed by atoms with van der Waals surface area (Å²) in [7, 11) is 3.13. The summed E-state index contributed by atoms with van der Waals surface area (Å²) < 4.78 is 4.70. The van der Waals surface area contributed by atoms with Crippen LogP contribution in [0.25, 0.3) is 22.2 Å². The molecule has 0 aliphatic heterocycles. The second-order valence-corrected chi connectivity index (χ2v) is 8.61. The average Bonchev–Trinajstić information content (AvgIpc) is 3.11. The Balaban J connectivity index is 2.06. The smallest absolute Gasteiger partial charge is 0.330 e. The number of hydrogen-bond donors (Lipinski definition) is 0. The Hall–Kier alpha value is -3.16. The van der Waals surface area contributed by atoms with Gasteiger partial charge >= 0.3 is 5.69 Å². The fraction of sp³-hybridized carbons (Fsp3) is 0.478. The van der Waals surface area contributed by atoms with Gasteiger partial charge in [0.15, 0.2) is 0 Å². The number of fused-ring (bicyclic) bond motifs is 1. The van der Waals surface area contributed by atoms with E-state index in [9.17, 15) is 19.7 Å². The summed E-state index contributed by atoms with van der Waals surface area (Å²) in [5.41, 5.74) is 1.70. The zero-order chi connectivity index (χ0) is 22.3. The van der Waals surface area contributed by atoms with Gasteiger partial charge in [0.2, 0.25) is 0 Å². The Labute approximate surface area is 179 Å². The van der Waals surface area contributed by atoms with Crippen molar-refractivity contribution in [2.24, 2.45) is 14.1 Å². The van der Waals surface area contributed by atoms with Crippen LogP contribution in [-0.2, 0) is 14.1 Å². The molecule has 1 fully saturated rings. The van der Waals surface area contributed by atoms with Gasteiger partial charge in [0.05, 0.1) is 21.5 Å². The summed E-state index contributed by atoms with van der Waals surface area (Å²) in [4.78, 5) is 36.9. The molecule has 1 saturated carbocycles. The number of hydrogen-bond acceptors (Lipinski definition) is 4. The summed E-state index contributed by atoms with van der Waals surface area (Å²) in [6.07, 6.45) is 9.67. The number of aromatic nitrogens is 3. The zero-order valence-electron chi connectivity index (χ0n) is 18.3. The molecule has 4 rings (SSSR count). The zero-order valence-corrected chi connectivity index (χ0v) is 18.3. The summed E-state index contributed by atoms with van der Waals surface area (Å²) >= 11 is 0. The van der Waals surface area contributed by atoms with Gasteiger partial charge in [-0.3, -0.25) is 24.0 Å². The maximum atomic E-state index is 13.2. The number of nitro groups is 1. The molecule has 0 unspecified atom stereocenters. The highest BCUT2D eigenvalue weighted by Gasteiger charge is 2.25. The highest BCUT2D eigenvalue weighted by atomic mass is 16.6. The van der Waals surface area contributed by atoms with E-state index in [4.69, 9.17) is 0 Å². The third-order valence-electron chi connectivity index (χ3n) is 6.61. The van der Waals surface area contributed by atoms with Gasteiger partial charge in [-0.15, -0.1) is 0 Å². The van der Waals surface area contributed by atoms with Crippen molar-refractivity contribution in [3.63, 3.8) is 0 Å². The van der Waals surface area contributed by atoms with E-state index in [1.54, 1.807) is 26.1 Å². The molecular formula is C23H28N4O4. The van der Waals surface area contributed by atoms with Crippen LogP contribution in [0.3, 0.4) is 0 Å². The molecule has 0 bridgehead atoms. The molecule has 3 aromatic rings. The van der Waals surface area contributed by atoms with Crippen molar-refractivity contribution in [3.8, 4) is 11.3 Å². The minimum Gasteiger partial charge on any atom is -0.342 e. The van der Waals surface area contributed by atoms with Gasteiger partial charge in [-0.1, -0.05) is 44.2 Å². The number of nitro benzene ring substituents is 1. The van der Waals surface area contributed by atoms with Crippen LogP contribution in [0.1, 0.15) is 56.6 Å². The van der Waals surface area contributed by atoms with E-state index in [-0.39, 0.29) is 23.0 Å². The van der Waals surface area contributed by atoms with Crippen molar-refractivity contribution in [2.75, 3.05) is 0 Å². The molecular weight excluding hydrogens is 396 g/mol. The van der Waals surface area contributed by atoms with Crippen LogP contribution >= 0.6 is 0 Å². The molecule has 8 heteroatoms. The van der Waals surface area contributed by atoms with E-state index in [1.807, 2.05) is 12.3 Å². The van der Waals surface area contributed by atoms with Crippen LogP contribution in [-0.4, -0.2) is 18.6 Å². The van der Waals surface area contributed by atoms with E-state index >= 15 is 0 Å². The summed E-state index contributed by atoms with van der Waals surface area (Å²) in [6, 6.07) is 5.29. The van der Waals surface area contributed by atoms with Crippen LogP contribution in [0.5, 0.6) is 0 Å². The van der Waals surface area contributed by atoms with Crippen molar-refractivity contribution in [1.29, 1.82) is 0 Å². The maximum absolute atomic E-state index is 13.2. The van der Waals surface area contributed by atoms with Crippen LogP contribution in [0, 0.1) is 17.0 Å². The summed E-state index contributed by atoms with van der Waals surface area (Å²) in [6.45, 7) is 1.70. The van der Waals surface area contributed by atoms with Crippen LogP contribution in [0.4, 0.5) is 5.69 Å². The van der Waals surface area contributed by atoms with Crippen LogP contribution < -0.4 is 11.2 Å². The molecule has 1 aliphatic rings. The molecule has 0 atom stereocenters. The van der Waals surface area contributed by atoms with E-state index in [2.05, 4.69) is 4.57 Å². The monoisotopic (exact) mass is 424 g/mol. The second-order valence-electron chi connectivity index (χ2n) is 8.61. The first-order valence-corrected chi connectivity index (χ1v) is 10.9. The molecule has 0 spiro atoms.